The first-order valence-electron chi connectivity index (χ1n) is 5.84. The summed E-state index contributed by atoms with van der Waals surface area (Å²) in [6.45, 7) is 2.11. The summed E-state index contributed by atoms with van der Waals surface area (Å²) >= 11 is 3.43. The zero-order chi connectivity index (χ0) is 13.0. The lowest BCUT2D eigenvalue weighted by molar-refractivity contribution is 0.343. The summed E-state index contributed by atoms with van der Waals surface area (Å²) in [4.78, 5) is 0. The molecule has 2 aromatic carbocycles. The molecule has 18 heavy (non-hydrogen) atoms. The Balaban J connectivity index is 2.43. The van der Waals surface area contributed by atoms with E-state index < -0.39 is 0 Å². The first-order chi connectivity index (χ1) is 8.70. The average molecular weight is 303 g/mol. The topological polar surface area (TPSA) is 20.2 Å². The Bertz CT molecular complexity index is 491. The number of hydrogen-bond acceptors (Lipinski definition) is 1. The second-order valence-corrected chi connectivity index (χ2v) is 5.09. The average Bonchev–Trinajstić information content (AvgIpc) is 2.39. The van der Waals surface area contributed by atoms with Crippen molar-refractivity contribution in [2.24, 2.45) is 0 Å². The lowest BCUT2D eigenvalue weighted by atomic mass is 9.97. The molecular formula is C16H15BrO. The molecule has 2 rings (SSSR count). The third-order valence-corrected chi connectivity index (χ3v) is 3.34. The predicted octanol–water partition coefficient (Wildman–Crippen LogP) is 4.18. The second-order valence-electron chi connectivity index (χ2n) is 4.17. The maximum absolute atomic E-state index is 9.18. The maximum atomic E-state index is 9.18. The third kappa shape index (κ3) is 3.09. The van der Waals surface area contributed by atoms with Crippen molar-refractivity contribution in [2.75, 3.05) is 6.61 Å². The molecule has 0 aliphatic rings. The van der Waals surface area contributed by atoms with Crippen molar-refractivity contribution in [2.45, 2.75) is 6.92 Å². The van der Waals surface area contributed by atoms with Crippen LogP contribution in [0.1, 0.15) is 16.7 Å². The van der Waals surface area contributed by atoms with Gasteiger partial charge in [0, 0.05) is 4.47 Å². The largest absolute Gasteiger partial charge is 0.392 e. The summed E-state index contributed by atoms with van der Waals surface area (Å²) in [6, 6.07) is 16.4. The van der Waals surface area contributed by atoms with Crippen LogP contribution in [0.15, 0.2) is 59.1 Å². The lowest BCUT2D eigenvalue weighted by Gasteiger charge is -2.09. The molecule has 0 saturated heterocycles. The highest BCUT2D eigenvalue weighted by Crippen LogP contribution is 2.25. The Morgan fingerprint density at radius 3 is 2.00 bits per heavy atom. The minimum absolute atomic E-state index is 0.0409. The molecule has 0 heterocycles. The number of aliphatic hydroxyl groups excluding tert-OH is 1. The van der Waals surface area contributed by atoms with Gasteiger partial charge in [0.2, 0.25) is 0 Å². The van der Waals surface area contributed by atoms with Crippen LogP contribution < -0.4 is 0 Å². The van der Waals surface area contributed by atoms with E-state index in [0.29, 0.717) is 0 Å². The number of halogens is 1. The Kier molecular flexibility index (Phi) is 4.34. The fourth-order valence-corrected chi connectivity index (χ4v) is 2.12. The molecule has 0 radical (unpaired) electrons. The van der Waals surface area contributed by atoms with Gasteiger partial charge >= 0.3 is 0 Å². The van der Waals surface area contributed by atoms with Crippen LogP contribution >= 0.6 is 15.9 Å². The minimum atomic E-state index is 0.0409. The van der Waals surface area contributed by atoms with Gasteiger partial charge in [0.25, 0.3) is 0 Å². The highest BCUT2D eigenvalue weighted by molar-refractivity contribution is 9.10. The highest BCUT2D eigenvalue weighted by Gasteiger charge is 2.04. The zero-order valence-electron chi connectivity index (χ0n) is 10.2. The summed E-state index contributed by atoms with van der Waals surface area (Å²) in [5.74, 6) is 0. The van der Waals surface area contributed by atoms with E-state index in [-0.39, 0.29) is 6.61 Å². The maximum Gasteiger partial charge on any atom is 0.0621 e. The van der Waals surface area contributed by atoms with Crippen LogP contribution in [0, 0.1) is 6.92 Å². The molecule has 0 unspecified atom stereocenters. The molecule has 0 amide bonds. The Labute approximate surface area is 116 Å². The van der Waals surface area contributed by atoms with Gasteiger partial charge < -0.3 is 5.11 Å². The summed E-state index contributed by atoms with van der Waals surface area (Å²) < 4.78 is 1.05. The van der Waals surface area contributed by atoms with E-state index in [1.165, 1.54) is 5.56 Å². The molecule has 0 fully saturated rings. The molecule has 2 aromatic rings. The van der Waals surface area contributed by atoms with E-state index in [1.807, 2.05) is 30.3 Å². The first-order valence-corrected chi connectivity index (χ1v) is 6.64. The molecule has 92 valence electrons. The molecule has 0 bridgehead atoms. The van der Waals surface area contributed by atoms with Crippen LogP contribution in [0.3, 0.4) is 0 Å². The van der Waals surface area contributed by atoms with Gasteiger partial charge in [-0.3, -0.25) is 0 Å². The molecule has 1 N–H and O–H groups in total. The Hall–Kier alpha value is -1.38. The standard InChI is InChI=1S/C16H15BrO/c1-12-2-4-13(5-3-12)16(10-11-18)14-6-8-15(17)9-7-14/h2-10,18H,11H2,1H3/b16-10+. The van der Waals surface area contributed by atoms with Crippen molar-refractivity contribution >= 4 is 21.5 Å². The fourth-order valence-electron chi connectivity index (χ4n) is 1.86. The molecule has 0 spiro atoms. The summed E-state index contributed by atoms with van der Waals surface area (Å²) in [5.41, 5.74) is 4.52. The van der Waals surface area contributed by atoms with E-state index in [1.54, 1.807) is 0 Å². The molecule has 0 aliphatic heterocycles. The van der Waals surface area contributed by atoms with Crippen LogP contribution in [0.2, 0.25) is 0 Å². The van der Waals surface area contributed by atoms with E-state index in [2.05, 4.69) is 47.1 Å². The quantitative estimate of drug-likeness (QED) is 0.902. The SMILES string of the molecule is Cc1ccc(/C(=C\CO)c2ccc(Br)cc2)cc1. The van der Waals surface area contributed by atoms with Crippen LogP contribution in [0.5, 0.6) is 0 Å². The molecule has 1 nitrogen and oxygen atoms in total. The first kappa shape index (κ1) is 13.1. The van der Waals surface area contributed by atoms with Crippen molar-refractivity contribution < 1.29 is 5.11 Å². The number of benzene rings is 2. The smallest absolute Gasteiger partial charge is 0.0621 e. The minimum Gasteiger partial charge on any atom is -0.392 e. The van der Waals surface area contributed by atoms with Gasteiger partial charge in [0.1, 0.15) is 0 Å². The van der Waals surface area contributed by atoms with Gasteiger partial charge in [-0.25, -0.2) is 0 Å². The van der Waals surface area contributed by atoms with Crippen molar-refractivity contribution in [3.8, 4) is 0 Å². The van der Waals surface area contributed by atoms with Crippen LogP contribution in [0.25, 0.3) is 5.57 Å². The van der Waals surface area contributed by atoms with Crippen LogP contribution in [-0.2, 0) is 0 Å². The van der Waals surface area contributed by atoms with Gasteiger partial charge in [0.05, 0.1) is 6.61 Å². The summed E-state index contributed by atoms with van der Waals surface area (Å²) in [6.07, 6.45) is 1.84. The van der Waals surface area contributed by atoms with Crippen molar-refractivity contribution in [1.82, 2.24) is 0 Å². The van der Waals surface area contributed by atoms with Crippen LogP contribution in [-0.4, -0.2) is 11.7 Å². The summed E-state index contributed by atoms with van der Waals surface area (Å²) in [7, 11) is 0. The molecule has 2 heteroatoms. The molecule has 0 aromatic heterocycles. The summed E-state index contributed by atoms with van der Waals surface area (Å²) in [5, 5.41) is 9.18. The van der Waals surface area contributed by atoms with Crippen LogP contribution in [0.4, 0.5) is 0 Å². The highest BCUT2D eigenvalue weighted by atomic mass is 79.9. The molecular weight excluding hydrogens is 288 g/mol. The number of hydrogen-bond donors (Lipinski definition) is 1. The molecule has 0 saturated carbocycles. The zero-order valence-corrected chi connectivity index (χ0v) is 11.8. The monoisotopic (exact) mass is 302 g/mol. The lowest BCUT2D eigenvalue weighted by Crippen LogP contribution is -1.90. The third-order valence-electron chi connectivity index (χ3n) is 2.81. The fraction of sp³-hybridized carbons (Fsp3) is 0.125. The van der Waals surface area contributed by atoms with E-state index in [4.69, 9.17) is 0 Å². The van der Waals surface area contributed by atoms with E-state index >= 15 is 0 Å². The van der Waals surface area contributed by atoms with E-state index in [9.17, 15) is 5.11 Å². The Morgan fingerprint density at radius 2 is 1.50 bits per heavy atom. The van der Waals surface area contributed by atoms with Gasteiger partial charge in [-0.05, 0) is 35.8 Å². The number of rotatable bonds is 3. The van der Waals surface area contributed by atoms with Crippen molar-refractivity contribution in [3.05, 3.63) is 75.8 Å². The predicted molar refractivity (Wildman–Crippen MR) is 79.5 cm³/mol. The van der Waals surface area contributed by atoms with Crippen molar-refractivity contribution in [3.63, 3.8) is 0 Å². The molecule has 0 atom stereocenters. The van der Waals surface area contributed by atoms with Crippen molar-refractivity contribution in [1.29, 1.82) is 0 Å². The van der Waals surface area contributed by atoms with Gasteiger partial charge in [0.15, 0.2) is 0 Å². The normalized spacial score (nSPS) is 11.6. The van der Waals surface area contributed by atoms with Gasteiger partial charge in [-0.15, -0.1) is 0 Å². The van der Waals surface area contributed by atoms with E-state index in [0.717, 1.165) is 21.2 Å². The number of aliphatic hydroxyl groups is 1. The molecule has 0 aliphatic carbocycles. The Morgan fingerprint density at radius 1 is 1.00 bits per heavy atom. The van der Waals surface area contributed by atoms with Gasteiger partial charge in [-0.2, -0.15) is 0 Å². The van der Waals surface area contributed by atoms with Gasteiger partial charge in [-0.1, -0.05) is 64.0 Å². The second kappa shape index (κ2) is 5.98. The number of aryl methyl sites for hydroxylation is 1.